The summed E-state index contributed by atoms with van der Waals surface area (Å²) < 4.78 is 28.6. The monoisotopic (exact) mass is 332 g/mol. The number of benzene rings is 2. The Labute approximate surface area is 134 Å². The molecule has 2 aliphatic heterocycles. The molecule has 23 heavy (non-hydrogen) atoms. The maximum absolute atomic E-state index is 13.1. The first-order valence-corrected chi connectivity index (χ1v) is 8.74. The molecule has 0 bridgehead atoms. The van der Waals surface area contributed by atoms with E-state index in [1.165, 1.54) is 8.61 Å². The summed E-state index contributed by atoms with van der Waals surface area (Å²) in [7, 11) is -3.88. The van der Waals surface area contributed by atoms with Crippen LogP contribution in [0.3, 0.4) is 0 Å². The zero-order chi connectivity index (χ0) is 16.2. The number of anilines is 2. The lowest BCUT2D eigenvalue weighted by Crippen LogP contribution is -2.43. The maximum atomic E-state index is 13.1. The second kappa shape index (κ2) is 4.95. The third-order valence-electron chi connectivity index (χ3n) is 4.36. The Morgan fingerprint density at radius 2 is 1.17 bits per heavy atom. The lowest BCUT2D eigenvalue weighted by Gasteiger charge is -2.27. The fourth-order valence-corrected chi connectivity index (χ4v) is 4.98. The number of hydrogen-bond donors (Lipinski definition) is 2. The van der Waals surface area contributed by atoms with Gasteiger partial charge in [0.2, 0.25) is 0 Å². The van der Waals surface area contributed by atoms with E-state index in [9.17, 15) is 18.6 Å². The van der Waals surface area contributed by atoms with E-state index in [2.05, 4.69) is 0 Å². The summed E-state index contributed by atoms with van der Waals surface area (Å²) in [6, 6.07) is 13.8. The molecule has 7 heteroatoms. The molecule has 2 heterocycles. The minimum absolute atomic E-state index is 0.0174. The molecule has 2 aromatic rings. The van der Waals surface area contributed by atoms with Crippen molar-refractivity contribution in [3.63, 3.8) is 0 Å². The summed E-state index contributed by atoms with van der Waals surface area (Å²) in [6.07, 6.45) is -1.69. The molecule has 2 atom stereocenters. The molecule has 0 saturated heterocycles. The van der Waals surface area contributed by atoms with E-state index in [-0.39, 0.29) is 13.1 Å². The van der Waals surface area contributed by atoms with Crippen molar-refractivity contribution in [1.29, 1.82) is 0 Å². The third kappa shape index (κ3) is 2.04. The van der Waals surface area contributed by atoms with Crippen LogP contribution in [0.5, 0.6) is 0 Å². The highest BCUT2D eigenvalue weighted by Gasteiger charge is 2.42. The number of aliphatic hydroxyl groups excluding tert-OH is 2. The van der Waals surface area contributed by atoms with Gasteiger partial charge in [0.05, 0.1) is 36.7 Å². The van der Waals surface area contributed by atoms with Crippen LogP contribution in [-0.2, 0) is 10.2 Å². The molecule has 2 aliphatic rings. The van der Waals surface area contributed by atoms with Gasteiger partial charge in [0, 0.05) is 11.1 Å². The van der Waals surface area contributed by atoms with Gasteiger partial charge in [-0.25, -0.2) is 8.61 Å². The molecule has 120 valence electrons. The van der Waals surface area contributed by atoms with Crippen LogP contribution in [-0.4, -0.2) is 31.7 Å². The van der Waals surface area contributed by atoms with Gasteiger partial charge in [-0.2, -0.15) is 8.42 Å². The zero-order valence-corrected chi connectivity index (χ0v) is 13.0. The molecule has 4 rings (SSSR count). The minimum Gasteiger partial charge on any atom is -0.386 e. The zero-order valence-electron chi connectivity index (χ0n) is 12.2. The molecular formula is C16H16N2O4S. The van der Waals surface area contributed by atoms with Crippen molar-refractivity contribution in [2.24, 2.45) is 0 Å². The molecule has 2 N–H and O–H groups in total. The van der Waals surface area contributed by atoms with Crippen molar-refractivity contribution < 1.29 is 18.6 Å². The third-order valence-corrected chi connectivity index (χ3v) is 6.17. The van der Waals surface area contributed by atoms with Gasteiger partial charge in [-0.3, -0.25) is 0 Å². The highest BCUT2D eigenvalue weighted by molar-refractivity contribution is 7.94. The molecule has 0 aromatic heterocycles. The average molecular weight is 332 g/mol. The van der Waals surface area contributed by atoms with Gasteiger partial charge in [-0.1, -0.05) is 36.4 Å². The Kier molecular flexibility index (Phi) is 3.12. The summed E-state index contributed by atoms with van der Waals surface area (Å²) in [6.45, 7) is -0.0348. The summed E-state index contributed by atoms with van der Waals surface area (Å²) in [5.74, 6) is 0. The molecule has 6 nitrogen and oxygen atoms in total. The van der Waals surface area contributed by atoms with Crippen LogP contribution < -0.4 is 8.61 Å². The van der Waals surface area contributed by atoms with E-state index in [4.69, 9.17) is 0 Å². The molecule has 0 aliphatic carbocycles. The van der Waals surface area contributed by atoms with E-state index >= 15 is 0 Å². The van der Waals surface area contributed by atoms with Crippen LogP contribution in [0.1, 0.15) is 23.3 Å². The number of nitrogens with zero attached hydrogens (tertiary/aromatic N) is 2. The largest absolute Gasteiger partial charge is 0.386 e. The lowest BCUT2D eigenvalue weighted by molar-refractivity contribution is 0.196. The van der Waals surface area contributed by atoms with Crippen LogP contribution in [0, 0.1) is 0 Å². The van der Waals surface area contributed by atoms with Gasteiger partial charge in [0.15, 0.2) is 0 Å². The first-order chi connectivity index (χ1) is 11.0. The Morgan fingerprint density at radius 1 is 0.783 bits per heavy atom. The molecule has 2 unspecified atom stereocenters. The summed E-state index contributed by atoms with van der Waals surface area (Å²) in [4.78, 5) is 0. The molecular weight excluding hydrogens is 316 g/mol. The fourth-order valence-electron chi connectivity index (χ4n) is 3.26. The number of aliphatic hydroxyl groups is 2. The van der Waals surface area contributed by atoms with Crippen molar-refractivity contribution in [3.05, 3.63) is 59.7 Å². The first-order valence-electron chi connectivity index (χ1n) is 7.34. The Morgan fingerprint density at radius 3 is 1.61 bits per heavy atom. The van der Waals surface area contributed by atoms with Crippen LogP contribution in [0.4, 0.5) is 11.4 Å². The number of β-amino-alcohol motifs (C(OH)–C–C–N with tert-alkyl or cyclic N) is 2. The molecule has 2 aromatic carbocycles. The standard InChI is InChI=1S/C16H16N2O4S/c19-15-9-17(13-7-3-1-5-11(13)15)23(21,22)18-10-16(20)12-6-2-4-8-14(12)18/h1-8,15-16,19-20H,9-10H2. The Bertz CT molecular complexity index is 802. The first kappa shape index (κ1) is 14.5. The smallest absolute Gasteiger partial charge is 0.326 e. The predicted molar refractivity (Wildman–Crippen MR) is 86.4 cm³/mol. The SMILES string of the molecule is O=S(=O)(N1CC(O)c2ccccc21)N1CC(O)c2ccccc21. The second-order valence-corrected chi connectivity index (χ2v) is 7.50. The van der Waals surface area contributed by atoms with Crippen LogP contribution in [0.2, 0.25) is 0 Å². The van der Waals surface area contributed by atoms with Crippen LogP contribution >= 0.6 is 0 Å². The van der Waals surface area contributed by atoms with Crippen molar-refractivity contribution in [2.45, 2.75) is 12.2 Å². The summed E-state index contributed by atoms with van der Waals surface area (Å²) in [5.41, 5.74) is 2.17. The van der Waals surface area contributed by atoms with E-state index < -0.39 is 22.4 Å². The highest BCUT2D eigenvalue weighted by Crippen LogP contribution is 2.42. The van der Waals surface area contributed by atoms with Crippen molar-refractivity contribution in [3.8, 4) is 0 Å². The van der Waals surface area contributed by atoms with Gasteiger partial charge >= 0.3 is 10.2 Å². The van der Waals surface area contributed by atoms with Crippen molar-refractivity contribution >= 4 is 21.6 Å². The van der Waals surface area contributed by atoms with Gasteiger partial charge in [0.1, 0.15) is 0 Å². The highest BCUT2D eigenvalue weighted by atomic mass is 32.2. The van der Waals surface area contributed by atoms with Gasteiger partial charge in [-0.05, 0) is 12.1 Å². The van der Waals surface area contributed by atoms with E-state index in [0.29, 0.717) is 22.5 Å². The second-order valence-electron chi connectivity index (χ2n) is 5.72. The fraction of sp³-hybridized carbons (Fsp3) is 0.250. The van der Waals surface area contributed by atoms with Gasteiger partial charge < -0.3 is 10.2 Å². The molecule has 0 amide bonds. The minimum atomic E-state index is -3.88. The molecule has 0 fully saturated rings. The molecule has 0 spiro atoms. The van der Waals surface area contributed by atoms with Crippen molar-refractivity contribution in [2.75, 3.05) is 21.7 Å². The average Bonchev–Trinajstić information content (AvgIpc) is 3.08. The summed E-state index contributed by atoms with van der Waals surface area (Å²) >= 11 is 0. The maximum Gasteiger partial charge on any atom is 0.326 e. The van der Waals surface area contributed by atoms with E-state index in [1.54, 1.807) is 48.5 Å². The van der Waals surface area contributed by atoms with Crippen LogP contribution in [0.25, 0.3) is 0 Å². The van der Waals surface area contributed by atoms with Gasteiger partial charge in [0.25, 0.3) is 0 Å². The summed E-state index contributed by atoms with van der Waals surface area (Å²) in [5, 5.41) is 20.3. The predicted octanol–water partition coefficient (Wildman–Crippen LogP) is 1.34. The number of fused-ring (bicyclic) bond motifs is 2. The van der Waals surface area contributed by atoms with Crippen LogP contribution in [0.15, 0.2) is 48.5 Å². The number of para-hydroxylation sites is 2. The quantitative estimate of drug-likeness (QED) is 0.869. The molecule has 0 radical (unpaired) electrons. The van der Waals surface area contributed by atoms with Crippen molar-refractivity contribution in [1.82, 2.24) is 0 Å². The van der Waals surface area contributed by atoms with E-state index in [1.807, 2.05) is 0 Å². The van der Waals surface area contributed by atoms with E-state index in [0.717, 1.165) is 0 Å². The number of hydrogen-bond acceptors (Lipinski definition) is 4. The Hall–Kier alpha value is -2.09. The number of rotatable bonds is 2. The molecule has 0 saturated carbocycles. The topological polar surface area (TPSA) is 81.1 Å². The normalized spacial score (nSPS) is 23.0. The van der Waals surface area contributed by atoms with Gasteiger partial charge in [-0.15, -0.1) is 0 Å². The Balaban J connectivity index is 1.79. The lowest BCUT2D eigenvalue weighted by atomic mass is 10.1.